The normalized spacial score (nSPS) is 37.3. The zero-order valence-electron chi connectivity index (χ0n) is 13.3. The predicted octanol–water partition coefficient (Wildman–Crippen LogP) is 2.11. The number of carbonyl (C=O) groups is 3. The highest BCUT2D eigenvalue weighted by molar-refractivity contribution is 9.10. The quantitative estimate of drug-likeness (QED) is 0.572. The summed E-state index contributed by atoms with van der Waals surface area (Å²) < 4.78 is 5.28. The lowest BCUT2D eigenvalue weighted by atomic mass is 9.49. The molecular formula is C16H23BrN2O4. The van der Waals surface area contributed by atoms with Crippen LogP contribution in [0.5, 0.6) is 0 Å². The van der Waals surface area contributed by atoms with Gasteiger partial charge in [-0.1, -0.05) is 15.9 Å². The Morgan fingerprint density at radius 3 is 2.39 bits per heavy atom. The van der Waals surface area contributed by atoms with Crippen LogP contribution >= 0.6 is 15.9 Å². The molecule has 7 heteroatoms. The van der Waals surface area contributed by atoms with Crippen molar-refractivity contribution in [3.8, 4) is 0 Å². The van der Waals surface area contributed by atoms with Crippen molar-refractivity contribution in [3.05, 3.63) is 0 Å². The number of alkyl halides is 1. The molecular weight excluding hydrogens is 364 g/mol. The Hall–Kier alpha value is -1.11. The number of nitrogens with one attached hydrogen (secondary N) is 2. The third-order valence-electron chi connectivity index (χ3n) is 5.47. The van der Waals surface area contributed by atoms with E-state index in [-0.39, 0.29) is 15.7 Å². The molecule has 2 atom stereocenters. The fourth-order valence-electron chi connectivity index (χ4n) is 5.27. The smallest absolute Gasteiger partial charge is 0.321 e. The second-order valence-corrected chi connectivity index (χ2v) is 9.26. The summed E-state index contributed by atoms with van der Waals surface area (Å²) in [6.45, 7) is -0.408. The zero-order valence-corrected chi connectivity index (χ0v) is 14.9. The van der Waals surface area contributed by atoms with Crippen LogP contribution < -0.4 is 10.6 Å². The molecule has 0 unspecified atom stereocenters. The Kier molecular flexibility index (Phi) is 4.42. The van der Waals surface area contributed by atoms with E-state index < -0.39 is 18.5 Å². The summed E-state index contributed by atoms with van der Waals surface area (Å²) in [6, 6.07) is -0.603. The highest BCUT2D eigenvalue weighted by Gasteiger charge is 2.57. The number of carbonyl (C=O) groups excluding carboxylic acids is 3. The maximum Gasteiger partial charge on any atom is 0.321 e. The number of hydrogen-bond donors (Lipinski definition) is 2. The second kappa shape index (κ2) is 6.07. The maximum absolute atomic E-state index is 12.2. The second-order valence-electron chi connectivity index (χ2n) is 7.58. The van der Waals surface area contributed by atoms with E-state index in [1.807, 2.05) is 0 Å². The maximum atomic E-state index is 12.2. The van der Waals surface area contributed by atoms with E-state index in [0.29, 0.717) is 18.3 Å². The average molecular weight is 387 g/mol. The van der Waals surface area contributed by atoms with Crippen LogP contribution in [0, 0.1) is 17.3 Å². The highest BCUT2D eigenvalue weighted by Crippen LogP contribution is 2.65. The molecule has 0 aliphatic heterocycles. The number of halogens is 1. The summed E-state index contributed by atoms with van der Waals surface area (Å²) in [4.78, 5) is 34.7. The molecule has 0 heterocycles. The van der Waals surface area contributed by atoms with Crippen molar-refractivity contribution in [1.82, 2.24) is 10.6 Å². The molecule has 23 heavy (non-hydrogen) atoms. The minimum atomic E-state index is -0.611. The van der Waals surface area contributed by atoms with Gasteiger partial charge in [0.2, 0.25) is 0 Å². The van der Waals surface area contributed by atoms with Gasteiger partial charge in [0, 0.05) is 11.4 Å². The molecule has 3 amide bonds. The van der Waals surface area contributed by atoms with E-state index in [0.717, 1.165) is 19.3 Å². The first-order valence-electron chi connectivity index (χ1n) is 8.18. The van der Waals surface area contributed by atoms with Crippen LogP contribution in [0.4, 0.5) is 4.79 Å². The van der Waals surface area contributed by atoms with Gasteiger partial charge in [0.1, 0.15) is 0 Å². The Morgan fingerprint density at radius 2 is 1.83 bits per heavy atom. The van der Waals surface area contributed by atoms with Gasteiger partial charge in [0.25, 0.3) is 5.91 Å². The zero-order chi connectivity index (χ0) is 16.7. The van der Waals surface area contributed by atoms with Crippen molar-refractivity contribution in [3.63, 3.8) is 0 Å². The van der Waals surface area contributed by atoms with E-state index in [1.165, 1.54) is 26.3 Å². The molecule has 4 bridgehead atoms. The lowest BCUT2D eigenvalue weighted by Gasteiger charge is -2.60. The first-order chi connectivity index (χ1) is 10.8. The molecule has 128 valence electrons. The van der Waals surface area contributed by atoms with E-state index in [9.17, 15) is 14.4 Å². The minimum absolute atomic E-state index is 0.0297. The van der Waals surface area contributed by atoms with Crippen molar-refractivity contribution in [2.75, 3.05) is 13.7 Å². The van der Waals surface area contributed by atoms with Gasteiger partial charge in [0.15, 0.2) is 6.61 Å². The number of urea groups is 1. The lowest BCUT2D eigenvalue weighted by molar-refractivity contribution is -0.154. The molecule has 4 rings (SSSR count). The fourth-order valence-corrected chi connectivity index (χ4v) is 6.78. The molecule has 6 nitrogen and oxygen atoms in total. The molecule has 2 N–H and O–H groups in total. The van der Waals surface area contributed by atoms with Gasteiger partial charge >= 0.3 is 12.0 Å². The number of hydrogen-bond acceptors (Lipinski definition) is 4. The molecule has 4 aliphatic carbocycles. The topological polar surface area (TPSA) is 84.5 Å². The molecule has 0 aromatic rings. The first kappa shape index (κ1) is 16.7. The van der Waals surface area contributed by atoms with E-state index in [1.54, 1.807) is 0 Å². The summed E-state index contributed by atoms with van der Waals surface area (Å²) >= 11 is 3.92. The van der Waals surface area contributed by atoms with Crippen molar-refractivity contribution in [2.45, 2.75) is 49.3 Å². The largest absolute Gasteiger partial charge is 0.456 e. The summed E-state index contributed by atoms with van der Waals surface area (Å²) in [5.41, 5.74) is 0.0297. The van der Waals surface area contributed by atoms with Gasteiger partial charge < -0.3 is 10.1 Å². The van der Waals surface area contributed by atoms with Crippen molar-refractivity contribution >= 4 is 33.8 Å². The summed E-state index contributed by atoms with van der Waals surface area (Å²) in [5, 5.41) is 4.35. The third kappa shape index (κ3) is 3.70. The standard InChI is InChI=1S/C16H23BrN2O4/c1-18-14(22)19-12(20)8-23-13(21)7-15-3-10-2-11(4-15)6-16(17,5-10)9-15/h10-11H,2-9H2,1H3,(H2,18,19,20,22)/t10-,11-,15?,16?/m1/s1. The monoisotopic (exact) mass is 386 g/mol. The third-order valence-corrected chi connectivity index (χ3v) is 6.40. The number of esters is 1. The van der Waals surface area contributed by atoms with Crippen LogP contribution in [0.25, 0.3) is 0 Å². The van der Waals surface area contributed by atoms with Crippen molar-refractivity contribution in [1.29, 1.82) is 0 Å². The van der Waals surface area contributed by atoms with E-state index in [4.69, 9.17) is 4.74 Å². The molecule has 4 aliphatic rings. The van der Waals surface area contributed by atoms with Gasteiger partial charge in [-0.2, -0.15) is 0 Å². The highest BCUT2D eigenvalue weighted by atomic mass is 79.9. The first-order valence-corrected chi connectivity index (χ1v) is 8.97. The van der Waals surface area contributed by atoms with Crippen LogP contribution in [0.2, 0.25) is 0 Å². The van der Waals surface area contributed by atoms with Gasteiger partial charge in [-0.25, -0.2) is 4.79 Å². The fraction of sp³-hybridized carbons (Fsp3) is 0.812. The lowest BCUT2D eigenvalue weighted by Crippen LogP contribution is -2.53. The molecule has 4 fully saturated rings. The van der Waals surface area contributed by atoms with Crippen LogP contribution in [0.3, 0.4) is 0 Å². The van der Waals surface area contributed by atoms with Crippen LogP contribution in [0.1, 0.15) is 44.9 Å². The van der Waals surface area contributed by atoms with E-state index >= 15 is 0 Å². The molecule has 0 aromatic heterocycles. The summed E-state index contributed by atoms with van der Waals surface area (Å²) in [6.07, 6.45) is 7.31. The van der Waals surface area contributed by atoms with Crippen molar-refractivity contribution in [2.24, 2.45) is 17.3 Å². The van der Waals surface area contributed by atoms with Gasteiger partial charge in [-0.15, -0.1) is 0 Å². The molecule has 0 spiro atoms. The average Bonchev–Trinajstić information content (AvgIpc) is 2.41. The van der Waals surface area contributed by atoms with Gasteiger partial charge in [-0.3, -0.25) is 14.9 Å². The number of imide groups is 1. The van der Waals surface area contributed by atoms with Crippen LogP contribution in [-0.4, -0.2) is 35.9 Å². The van der Waals surface area contributed by atoms with Crippen LogP contribution in [-0.2, 0) is 14.3 Å². The van der Waals surface area contributed by atoms with E-state index in [2.05, 4.69) is 26.6 Å². The summed E-state index contributed by atoms with van der Waals surface area (Å²) in [7, 11) is 1.41. The van der Waals surface area contributed by atoms with Gasteiger partial charge in [0.05, 0.1) is 6.42 Å². The number of amides is 3. The summed E-state index contributed by atoms with van der Waals surface area (Å²) in [5.74, 6) is 0.468. The van der Waals surface area contributed by atoms with Crippen LogP contribution in [0.15, 0.2) is 0 Å². The molecule has 0 radical (unpaired) electrons. The Morgan fingerprint density at radius 1 is 1.17 bits per heavy atom. The predicted molar refractivity (Wildman–Crippen MR) is 86.9 cm³/mol. The van der Waals surface area contributed by atoms with Gasteiger partial charge in [-0.05, 0) is 55.8 Å². The SMILES string of the molecule is CNC(=O)NC(=O)COC(=O)CC12C[C@H]3C[C@@H](CC(Br)(C3)C1)C2. The Balaban J connectivity index is 1.52. The molecule has 0 aromatic carbocycles. The van der Waals surface area contributed by atoms with Crippen molar-refractivity contribution < 1.29 is 19.1 Å². The minimum Gasteiger partial charge on any atom is -0.456 e. The number of rotatable bonds is 4. The Bertz CT molecular complexity index is 522. The Labute approximate surface area is 144 Å². The molecule has 0 saturated heterocycles. The molecule has 4 saturated carbocycles. The number of ether oxygens (including phenoxy) is 1.